The number of anilines is 1. The molecule has 0 unspecified atom stereocenters. The van der Waals surface area contributed by atoms with E-state index in [1.807, 2.05) is 0 Å². The Balaban J connectivity index is 1.71. The summed E-state index contributed by atoms with van der Waals surface area (Å²) in [5, 5.41) is 24.7. The second-order valence-corrected chi connectivity index (χ2v) is 7.50. The Labute approximate surface area is 169 Å². The van der Waals surface area contributed by atoms with Gasteiger partial charge in [0.25, 0.3) is 5.69 Å². The van der Waals surface area contributed by atoms with Crippen LogP contribution in [0.5, 0.6) is 0 Å². The van der Waals surface area contributed by atoms with Crippen molar-refractivity contribution in [1.82, 2.24) is 5.32 Å². The normalized spacial score (nSPS) is 20.9. The second kappa shape index (κ2) is 11.3. The van der Waals surface area contributed by atoms with E-state index >= 15 is 0 Å². The summed E-state index contributed by atoms with van der Waals surface area (Å²) in [5.41, 5.74) is 0.391. The molecule has 9 heteroatoms. The number of benzene rings is 1. The standard InChI is InChI=1S/C20H28FN3O5/c21-18-12-7-14(17(18)5-3-1-2-4-6-19(25)26)13-22-20(27)23-15-8-10-16(11-9-15)24(28)29/h8-11,14,17-18H,1-7,12-13H2,(H,25,26)(H2,22,23,27)/t14-,17-,18-/m1/s1. The van der Waals surface area contributed by atoms with E-state index in [1.54, 1.807) is 0 Å². The van der Waals surface area contributed by atoms with Crippen LogP contribution in [-0.4, -0.2) is 34.7 Å². The highest BCUT2D eigenvalue weighted by molar-refractivity contribution is 5.89. The van der Waals surface area contributed by atoms with Gasteiger partial charge in [-0.25, -0.2) is 9.18 Å². The minimum atomic E-state index is -0.862. The largest absolute Gasteiger partial charge is 0.481 e. The maximum atomic E-state index is 14.2. The average Bonchev–Trinajstić information content (AvgIpc) is 3.03. The molecule has 2 rings (SSSR count). The van der Waals surface area contributed by atoms with Crippen LogP contribution in [0.15, 0.2) is 24.3 Å². The van der Waals surface area contributed by atoms with Crippen molar-refractivity contribution in [2.75, 3.05) is 11.9 Å². The number of nitro benzene ring substituents is 1. The molecule has 2 amide bonds. The van der Waals surface area contributed by atoms with Crippen LogP contribution in [0.2, 0.25) is 0 Å². The van der Waals surface area contributed by atoms with E-state index in [4.69, 9.17) is 5.11 Å². The molecular formula is C20H28FN3O5. The number of nitrogens with zero attached hydrogens (tertiary/aromatic N) is 1. The summed E-state index contributed by atoms with van der Waals surface area (Å²) in [5.74, 6) is -0.802. The molecule has 160 valence electrons. The third-order valence-electron chi connectivity index (χ3n) is 5.42. The number of rotatable bonds is 11. The fraction of sp³-hybridized carbons (Fsp3) is 0.600. The molecule has 1 saturated carbocycles. The summed E-state index contributed by atoms with van der Waals surface area (Å²) < 4.78 is 14.2. The number of amides is 2. The molecule has 3 N–H and O–H groups in total. The van der Waals surface area contributed by atoms with Gasteiger partial charge in [0.15, 0.2) is 0 Å². The maximum Gasteiger partial charge on any atom is 0.319 e. The van der Waals surface area contributed by atoms with E-state index < -0.39 is 23.1 Å². The summed E-state index contributed by atoms with van der Waals surface area (Å²) in [6.45, 7) is 0.378. The number of unbranched alkanes of at least 4 members (excludes halogenated alkanes) is 3. The highest BCUT2D eigenvalue weighted by atomic mass is 19.1. The van der Waals surface area contributed by atoms with Gasteiger partial charge >= 0.3 is 12.0 Å². The molecule has 1 aromatic rings. The highest BCUT2D eigenvalue weighted by Crippen LogP contribution is 2.37. The molecule has 0 saturated heterocycles. The van der Waals surface area contributed by atoms with E-state index in [1.165, 1.54) is 24.3 Å². The predicted molar refractivity (Wildman–Crippen MR) is 107 cm³/mol. The quantitative estimate of drug-likeness (QED) is 0.282. The third-order valence-corrected chi connectivity index (χ3v) is 5.42. The van der Waals surface area contributed by atoms with Crippen molar-refractivity contribution < 1.29 is 24.0 Å². The second-order valence-electron chi connectivity index (χ2n) is 7.50. The summed E-state index contributed by atoms with van der Waals surface area (Å²) in [4.78, 5) is 32.7. The number of nitrogens with one attached hydrogen (secondary N) is 2. The Bertz CT molecular complexity index is 698. The molecule has 1 aromatic carbocycles. The monoisotopic (exact) mass is 409 g/mol. The van der Waals surface area contributed by atoms with E-state index in [-0.39, 0.29) is 23.9 Å². The van der Waals surface area contributed by atoms with Crippen molar-refractivity contribution in [3.05, 3.63) is 34.4 Å². The molecule has 0 bridgehead atoms. The van der Waals surface area contributed by atoms with Gasteiger partial charge in [0, 0.05) is 30.8 Å². The number of hydrogen-bond acceptors (Lipinski definition) is 4. The topological polar surface area (TPSA) is 122 Å². The van der Waals surface area contributed by atoms with Crippen molar-refractivity contribution >= 4 is 23.4 Å². The Hall–Kier alpha value is -2.71. The first-order valence-electron chi connectivity index (χ1n) is 10.0. The minimum Gasteiger partial charge on any atom is -0.481 e. The SMILES string of the molecule is O=C(O)CCCCCC[C@@H]1[C@@H](CNC(=O)Nc2ccc([N+](=O)[O-])cc2)CC[C@H]1F. The molecular weight excluding hydrogens is 381 g/mol. The van der Waals surface area contributed by atoms with Crippen LogP contribution in [0.1, 0.15) is 51.4 Å². The van der Waals surface area contributed by atoms with Crippen LogP contribution in [0.4, 0.5) is 20.6 Å². The zero-order valence-electron chi connectivity index (χ0n) is 16.3. The van der Waals surface area contributed by atoms with Crippen LogP contribution in [0.3, 0.4) is 0 Å². The Morgan fingerprint density at radius 3 is 2.48 bits per heavy atom. The lowest BCUT2D eigenvalue weighted by Crippen LogP contribution is -2.35. The molecule has 8 nitrogen and oxygen atoms in total. The van der Waals surface area contributed by atoms with Gasteiger partial charge in [-0.15, -0.1) is 0 Å². The van der Waals surface area contributed by atoms with Crippen molar-refractivity contribution in [1.29, 1.82) is 0 Å². The van der Waals surface area contributed by atoms with Gasteiger partial charge in [-0.2, -0.15) is 0 Å². The molecule has 1 fully saturated rings. The predicted octanol–water partition coefficient (Wildman–Crippen LogP) is 4.51. The summed E-state index contributed by atoms with van der Waals surface area (Å²) in [6.07, 6.45) is 4.49. The number of aliphatic carboxylic acids is 1. The lowest BCUT2D eigenvalue weighted by molar-refractivity contribution is -0.384. The average molecular weight is 409 g/mol. The molecule has 0 heterocycles. The number of alkyl halides is 1. The van der Waals surface area contributed by atoms with Gasteiger partial charge in [0.2, 0.25) is 0 Å². The number of carbonyl (C=O) groups excluding carboxylic acids is 1. The number of carboxylic acid groups (broad SMARTS) is 1. The number of carbonyl (C=O) groups is 2. The fourth-order valence-electron chi connectivity index (χ4n) is 3.84. The van der Waals surface area contributed by atoms with E-state index in [0.717, 1.165) is 32.1 Å². The van der Waals surface area contributed by atoms with Crippen LogP contribution in [-0.2, 0) is 4.79 Å². The summed E-state index contributed by atoms with van der Waals surface area (Å²) >= 11 is 0. The van der Waals surface area contributed by atoms with E-state index in [0.29, 0.717) is 25.1 Å². The molecule has 1 aliphatic rings. The maximum absolute atomic E-state index is 14.2. The highest BCUT2D eigenvalue weighted by Gasteiger charge is 2.35. The Morgan fingerprint density at radius 1 is 1.14 bits per heavy atom. The van der Waals surface area contributed by atoms with Gasteiger partial charge in [0.1, 0.15) is 6.17 Å². The smallest absolute Gasteiger partial charge is 0.319 e. The minimum absolute atomic E-state index is 0.0540. The van der Waals surface area contributed by atoms with E-state index in [9.17, 15) is 24.1 Å². The molecule has 1 aliphatic carbocycles. The first-order chi connectivity index (χ1) is 13.9. The molecule has 0 spiro atoms. The first-order valence-corrected chi connectivity index (χ1v) is 10.0. The van der Waals surface area contributed by atoms with Gasteiger partial charge in [-0.3, -0.25) is 14.9 Å². The number of halogens is 1. The van der Waals surface area contributed by atoms with Crippen LogP contribution in [0.25, 0.3) is 0 Å². The lowest BCUT2D eigenvalue weighted by atomic mass is 9.89. The molecule has 0 aromatic heterocycles. The van der Waals surface area contributed by atoms with Crippen LogP contribution < -0.4 is 10.6 Å². The lowest BCUT2D eigenvalue weighted by Gasteiger charge is -2.21. The number of nitro groups is 1. The Morgan fingerprint density at radius 2 is 1.83 bits per heavy atom. The van der Waals surface area contributed by atoms with Crippen LogP contribution >= 0.6 is 0 Å². The van der Waals surface area contributed by atoms with Gasteiger partial charge in [-0.05, 0) is 49.7 Å². The molecule has 29 heavy (non-hydrogen) atoms. The zero-order chi connectivity index (χ0) is 21.2. The first kappa shape index (κ1) is 22.6. The fourth-order valence-corrected chi connectivity index (χ4v) is 3.84. The number of non-ortho nitro benzene ring substituents is 1. The van der Waals surface area contributed by atoms with Crippen LogP contribution in [0, 0.1) is 22.0 Å². The number of hydrogen-bond donors (Lipinski definition) is 3. The third kappa shape index (κ3) is 7.67. The zero-order valence-corrected chi connectivity index (χ0v) is 16.3. The number of urea groups is 1. The van der Waals surface area contributed by atoms with Crippen molar-refractivity contribution in [2.45, 2.75) is 57.5 Å². The van der Waals surface area contributed by atoms with Gasteiger partial charge in [0.05, 0.1) is 4.92 Å². The van der Waals surface area contributed by atoms with E-state index in [2.05, 4.69) is 10.6 Å². The molecule has 0 aliphatic heterocycles. The Kier molecular flexibility index (Phi) is 8.82. The number of carboxylic acids is 1. The van der Waals surface area contributed by atoms with Gasteiger partial charge < -0.3 is 15.7 Å². The van der Waals surface area contributed by atoms with Gasteiger partial charge in [-0.1, -0.05) is 19.3 Å². The summed E-state index contributed by atoms with van der Waals surface area (Å²) in [6, 6.07) is 5.11. The molecule has 0 radical (unpaired) electrons. The van der Waals surface area contributed by atoms with Crippen molar-refractivity contribution in [3.8, 4) is 0 Å². The molecule has 3 atom stereocenters. The summed E-state index contributed by atoms with van der Waals surface area (Å²) in [7, 11) is 0. The van der Waals surface area contributed by atoms with Crippen molar-refractivity contribution in [3.63, 3.8) is 0 Å². The van der Waals surface area contributed by atoms with Crippen molar-refractivity contribution in [2.24, 2.45) is 11.8 Å².